The third-order valence-corrected chi connectivity index (χ3v) is 6.22. The molecule has 7 heteroatoms. The quantitative estimate of drug-likeness (QED) is 0.522. The number of carbonyl (C=O) groups excluding carboxylic acids is 2. The van der Waals surface area contributed by atoms with Gasteiger partial charge in [0.1, 0.15) is 11.8 Å². The minimum atomic E-state index is -0.887. The van der Waals surface area contributed by atoms with Gasteiger partial charge >= 0.3 is 0 Å². The predicted molar refractivity (Wildman–Crippen MR) is 132 cm³/mol. The van der Waals surface area contributed by atoms with Crippen molar-refractivity contribution in [2.24, 2.45) is 0 Å². The summed E-state index contributed by atoms with van der Waals surface area (Å²) in [5.41, 5.74) is 2.26. The van der Waals surface area contributed by atoms with Crippen LogP contribution in [0.25, 0.3) is 0 Å². The minimum absolute atomic E-state index is 0.113. The number of hydrogen-bond acceptors (Lipinski definition) is 5. The molecule has 1 aliphatic rings. The van der Waals surface area contributed by atoms with E-state index in [1.165, 1.54) is 11.2 Å². The number of carbonyl (C=O) groups is 2. The van der Waals surface area contributed by atoms with Crippen LogP contribution < -0.4 is 19.9 Å². The SMILES string of the molecule is COc1cccc(N(C(=O)c2ccco2)[C@@H](C(=O)NC2CCCC2)c2ccc(N(C)C)cc2)c1. The van der Waals surface area contributed by atoms with E-state index >= 15 is 0 Å². The van der Waals surface area contributed by atoms with Gasteiger partial charge < -0.3 is 19.4 Å². The van der Waals surface area contributed by atoms with Crippen LogP contribution in [0.5, 0.6) is 5.75 Å². The number of nitrogens with zero attached hydrogens (tertiary/aromatic N) is 2. The Morgan fingerprint density at radius 3 is 2.35 bits per heavy atom. The first-order chi connectivity index (χ1) is 16.5. The lowest BCUT2D eigenvalue weighted by atomic mass is 10.0. The van der Waals surface area contributed by atoms with Crippen molar-refractivity contribution >= 4 is 23.2 Å². The third-order valence-electron chi connectivity index (χ3n) is 6.22. The lowest BCUT2D eigenvalue weighted by Gasteiger charge is -2.32. The maximum atomic E-state index is 13.8. The highest BCUT2D eigenvalue weighted by Gasteiger charge is 2.36. The van der Waals surface area contributed by atoms with Gasteiger partial charge in [0.05, 0.1) is 13.4 Å². The first-order valence-corrected chi connectivity index (χ1v) is 11.6. The van der Waals surface area contributed by atoms with Crippen molar-refractivity contribution in [1.29, 1.82) is 0 Å². The van der Waals surface area contributed by atoms with Crippen molar-refractivity contribution in [2.45, 2.75) is 37.8 Å². The second-order valence-electron chi connectivity index (χ2n) is 8.73. The van der Waals surface area contributed by atoms with E-state index in [4.69, 9.17) is 9.15 Å². The van der Waals surface area contributed by atoms with Crippen LogP contribution in [0.15, 0.2) is 71.3 Å². The lowest BCUT2D eigenvalue weighted by Crippen LogP contribution is -2.46. The van der Waals surface area contributed by atoms with Gasteiger partial charge in [-0.05, 0) is 54.8 Å². The van der Waals surface area contributed by atoms with Gasteiger partial charge in [-0.25, -0.2) is 0 Å². The van der Waals surface area contributed by atoms with Gasteiger partial charge in [-0.2, -0.15) is 0 Å². The third kappa shape index (κ3) is 5.09. The summed E-state index contributed by atoms with van der Waals surface area (Å²) in [5, 5.41) is 3.19. The number of amides is 2. The molecule has 3 aromatic rings. The molecule has 1 atom stereocenters. The predicted octanol–water partition coefficient (Wildman–Crippen LogP) is 4.80. The fourth-order valence-electron chi connectivity index (χ4n) is 4.39. The van der Waals surface area contributed by atoms with Crippen molar-refractivity contribution in [3.05, 3.63) is 78.3 Å². The molecule has 0 bridgehead atoms. The van der Waals surface area contributed by atoms with E-state index in [2.05, 4.69) is 5.32 Å². The smallest absolute Gasteiger partial charge is 0.294 e. The Bertz CT molecular complexity index is 1100. The summed E-state index contributed by atoms with van der Waals surface area (Å²) in [6, 6.07) is 17.4. The molecule has 1 aliphatic carbocycles. The molecule has 1 N–H and O–H groups in total. The Balaban J connectivity index is 1.81. The Morgan fingerprint density at radius 1 is 1.00 bits per heavy atom. The zero-order valence-corrected chi connectivity index (χ0v) is 19.9. The molecule has 1 fully saturated rings. The molecule has 1 aromatic heterocycles. The van der Waals surface area contributed by atoms with Crippen LogP contribution in [-0.2, 0) is 4.79 Å². The number of furan rings is 1. The lowest BCUT2D eigenvalue weighted by molar-refractivity contribution is -0.123. The Labute approximate surface area is 200 Å². The van der Waals surface area contributed by atoms with Gasteiger partial charge in [-0.1, -0.05) is 31.0 Å². The van der Waals surface area contributed by atoms with Crippen LogP contribution in [-0.4, -0.2) is 39.1 Å². The molecule has 0 spiro atoms. The molecular formula is C27H31N3O4. The molecule has 1 saturated carbocycles. The summed E-state index contributed by atoms with van der Waals surface area (Å²) >= 11 is 0. The highest BCUT2D eigenvalue weighted by Crippen LogP contribution is 2.33. The number of ether oxygens (including phenoxy) is 1. The minimum Gasteiger partial charge on any atom is -0.497 e. The molecule has 2 aromatic carbocycles. The standard InChI is InChI=1S/C27H31N3O4/c1-29(2)21-15-13-19(14-16-21)25(26(31)28-20-8-4-5-9-20)30(27(32)24-12-7-17-34-24)22-10-6-11-23(18-22)33-3/h6-7,10-18,20,25H,4-5,8-9H2,1-3H3,(H,28,31)/t25-/m1/s1. The van der Waals surface area contributed by atoms with E-state index in [-0.39, 0.29) is 17.7 Å². The summed E-state index contributed by atoms with van der Waals surface area (Å²) in [5.74, 6) is 0.132. The molecule has 7 nitrogen and oxygen atoms in total. The number of rotatable bonds is 8. The summed E-state index contributed by atoms with van der Waals surface area (Å²) in [6.07, 6.45) is 5.54. The van der Waals surface area contributed by atoms with Gasteiger partial charge in [0.2, 0.25) is 5.91 Å². The highest BCUT2D eigenvalue weighted by molar-refractivity contribution is 6.08. The van der Waals surface area contributed by atoms with Crippen LogP contribution in [0.1, 0.15) is 47.8 Å². The summed E-state index contributed by atoms with van der Waals surface area (Å²) in [4.78, 5) is 31.0. The molecule has 1 heterocycles. The number of hydrogen-bond donors (Lipinski definition) is 1. The van der Waals surface area contributed by atoms with E-state index in [1.807, 2.05) is 43.3 Å². The fraction of sp³-hybridized carbons (Fsp3) is 0.333. The average molecular weight is 462 g/mol. The average Bonchev–Trinajstić information content (AvgIpc) is 3.57. The van der Waals surface area contributed by atoms with Crippen LogP contribution in [0.2, 0.25) is 0 Å². The van der Waals surface area contributed by atoms with Gasteiger partial charge in [0, 0.05) is 37.6 Å². The van der Waals surface area contributed by atoms with E-state index in [1.54, 1.807) is 43.5 Å². The Kier molecular flexibility index (Phi) is 7.21. The topological polar surface area (TPSA) is 75.0 Å². The van der Waals surface area contributed by atoms with E-state index in [9.17, 15) is 9.59 Å². The molecule has 2 amide bonds. The second kappa shape index (κ2) is 10.5. The molecule has 0 radical (unpaired) electrons. The largest absolute Gasteiger partial charge is 0.497 e. The van der Waals surface area contributed by atoms with Crippen LogP contribution in [0.4, 0.5) is 11.4 Å². The zero-order chi connectivity index (χ0) is 24.1. The van der Waals surface area contributed by atoms with Gasteiger partial charge in [-0.15, -0.1) is 0 Å². The van der Waals surface area contributed by atoms with Gasteiger partial charge in [0.15, 0.2) is 5.76 Å². The zero-order valence-electron chi connectivity index (χ0n) is 19.9. The maximum Gasteiger partial charge on any atom is 0.294 e. The van der Waals surface area contributed by atoms with Crippen LogP contribution in [0.3, 0.4) is 0 Å². The monoisotopic (exact) mass is 461 g/mol. The Hall–Kier alpha value is -3.74. The number of methoxy groups -OCH3 is 1. The van der Waals surface area contributed by atoms with Crippen molar-refractivity contribution in [1.82, 2.24) is 5.32 Å². The Morgan fingerprint density at radius 2 is 1.74 bits per heavy atom. The second-order valence-corrected chi connectivity index (χ2v) is 8.73. The molecule has 4 rings (SSSR count). The summed E-state index contributed by atoms with van der Waals surface area (Å²) < 4.78 is 10.8. The molecular weight excluding hydrogens is 430 g/mol. The molecule has 0 unspecified atom stereocenters. The first-order valence-electron chi connectivity index (χ1n) is 11.6. The van der Waals surface area contributed by atoms with E-state index in [0.717, 1.165) is 31.4 Å². The molecule has 0 aliphatic heterocycles. The number of anilines is 2. The van der Waals surface area contributed by atoms with Gasteiger partial charge in [0.25, 0.3) is 5.91 Å². The van der Waals surface area contributed by atoms with E-state index < -0.39 is 11.9 Å². The van der Waals surface area contributed by atoms with Gasteiger partial charge in [-0.3, -0.25) is 14.5 Å². The van der Waals surface area contributed by atoms with Crippen molar-refractivity contribution in [3.8, 4) is 5.75 Å². The van der Waals surface area contributed by atoms with E-state index in [0.29, 0.717) is 17.0 Å². The molecule has 34 heavy (non-hydrogen) atoms. The molecule has 0 saturated heterocycles. The fourth-order valence-corrected chi connectivity index (χ4v) is 4.39. The number of benzene rings is 2. The van der Waals surface area contributed by atoms with Crippen molar-refractivity contribution in [2.75, 3.05) is 31.0 Å². The van der Waals surface area contributed by atoms with Crippen LogP contribution >= 0.6 is 0 Å². The molecule has 178 valence electrons. The van der Waals surface area contributed by atoms with Crippen LogP contribution in [0, 0.1) is 0 Å². The highest BCUT2D eigenvalue weighted by atomic mass is 16.5. The number of nitrogens with one attached hydrogen (secondary N) is 1. The van der Waals surface area contributed by atoms with Crippen molar-refractivity contribution < 1.29 is 18.7 Å². The normalized spacial score (nSPS) is 14.4. The summed E-state index contributed by atoms with van der Waals surface area (Å²) in [7, 11) is 5.49. The van der Waals surface area contributed by atoms with Crippen molar-refractivity contribution in [3.63, 3.8) is 0 Å². The summed E-state index contributed by atoms with van der Waals surface area (Å²) in [6.45, 7) is 0. The first kappa shape index (κ1) is 23.4. The maximum absolute atomic E-state index is 13.8.